The quantitative estimate of drug-likeness (QED) is 0.590. The summed E-state index contributed by atoms with van der Waals surface area (Å²) in [4.78, 5) is 0. The van der Waals surface area contributed by atoms with Gasteiger partial charge >= 0.3 is 0 Å². The number of hydrogen-bond acceptors (Lipinski definition) is 3. The Balaban J connectivity index is 2.53. The predicted octanol–water partition coefficient (Wildman–Crippen LogP) is 2.13. The van der Waals surface area contributed by atoms with Crippen LogP contribution in [0.4, 0.5) is 0 Å². The molecule has 1 aromatic carbocycles. The summed E-state index contributed by atoms with van der Waals surface area (Å²) >= 11 is 5.51. The van der Waals surface area contributed by atoms with Crippen molar-refractivity contribution in [3.05, 3.63) is 29.8 Å². The Morgan fingerprint density at radius 1 is 1.28 bits per heavy atom. The Hall–Kier alpha value is -0.780. The van der Waals surface area contributed by atoms with Gasteiger partial charge in [-0.3, -0.25) is 0 Å². The molecule has 0 saturated heterocycles. The van der Waals surface area contributed by atoms with Gasteiger partial charge in [0.15, 0.2) is 0 Å². The van der Waals surface area contributed by atoms with Gasteiger partial charge in [0.05, 0.1) is 12.9 Å². The van der Waals surface area contributed by atoms with E-state index in [9.17, 15) is 8.42 Å². The first-order valence-electron chi connectivity index (χ1n) is 5.74. The molecule has 1 N–H and O–H groups in total. The van der Waals surface area contributed by atoms with Gasteiger partial charge in [-0.2, -0.15) is 0 Å². The molecule has 0 amide bonds. The number of rotatable bonds is 8. The molecule has 0 aliphatic carbocycles. The van der Waals surface area contributed by atoms with Crippen LogP contribution >= 0.6 is 11.6 Å². The third-order valence-corrected chi connectivity index (χ3v) is 4.15. The number of nitrogens with one attached hydrogen (secondary N) is 1. The molecule has 0 spiro atoms. The van der Waals surface area contributed by atoms with Crippen LogP contribution in [0.5, 0.6) is 5.75 Å². The molecule has 18 heavy (non-hydrogen) atoms. The van der Waals surface area contributed by atoms with E-state index >= 15 is 0 Å². The first-order valence-corrected chi connectivity index (χ1v) is 7.93. The van der Waals surface area contributed by atoms with Gasteiger partial charge in [0.1, 0.15) is 5.75 Å². The number of unbranched alkanes of at least 4 members (excludes halogenated alkanes) is 1. The van der Waals surface area contributed by atoms with Gasteiger partial charge in [0.25, 0.3) is 0 Å². The van der Waals surface area contributed by atoms with E-state index in [4.69, 9.17) is 16.3 Å². The molecular formula is C12H18ClNO3S. The standard InChI is InChI=1S/C12H18ClNO3S/c1-17-12-7-3-2-6-11(12)10-14-18(15,16)9-5-4-8-13/h2-3,6-7,14H,4-5,8-10H2,1H3. The van der Waals surface area contributed by atoms with Gasteiger partial charge in [-0.05, 0) is 18.9 Å². The lowest BCUT2D eigenvalue weighted by Gasteiger charge is -2.09. The summed E-state index contributed by atoms with van der Waals surface area (Å²) in [6.45, 7) is 0.243. The minimum absolute atomic E-state index is 0.106. The van der Waals surface area contributed by atoms with Gasteiger partial charge < -0.3 is 4.74 Å². The summed E-state index contributed by atoms with van der Waals surface area (Å²) in [5.74, 6) is 1.28. The minimum Gasteiger partial charge on any atom is -0.496 e. The summed E-state index contributed by atoms with van der Waals surface area (Å²) in [6.07, 6.45) is 1.28. The predicted molar refractivity (Wildman–Crippen MR) is 73.6 cm³/mol. The van der Waals surface area contributed by atoms with Crippen LogP contribution in [0.25, 0.3) is 0 Å². The summed E-state index contributed by atoms with van der Waals surface area (Å²) in [6, 6.07) is 7.33. The highest BCUT2D eigenvalue weighted by Crippen LogP contribution is 2.17. The highest BCUT2D eigenvalue weighted by Gasteiger charge is 2.10. The third kappa shape index (κ3) is 5.25. The maximum absolute atomic E-state index is 11.7. The molecule has 1 rings (SSSR count). The lowest BCUT2D eigenvalue weighted by Crippen LogP contribution is -2.26. The topological polar surface area (TPSA) is 55.4 Å². The molecule has 102 valence electrons. The molecule has 0 aromatic heterocycles. The van der Waals surface area contributed by atoms with E-state index in [-0.39, 0.29) is 12.3 Å². The Bertz CT molecular complexity index is 462. The monoisotopic (exact) mass is 291 g/mol. The Morgan fingerprint density at radius 2 is 2.00 bits per heavy atom. The minimum atomic E-state index is -3.24. The fourth-order valence-corrected chi connectivity index (χ4v) is 2.79. The number of ether oxygens (including phenoxy) is 1. The molecule has 0 fully saturated rings. The summed E-state index contributed by atoms with van der Waals surface area (Å²) in [5, 5.41) is 0. The van der Waals surface area contributed by atoms with Gasteiger partial charge in [-0.25, -0.2) is 13.1 Å². The van der Waals surface area contributed by atoms with Crippen molar-refractivity contribution in [3.8, 4) is 5.75 Å². The number of benzene rings is 1. The molecule has 4 nitrogen and oxygen atoms in total. The SMILES string of the molecule is COc1ccccc1CNS(=O)(=O)CCCCCl. The van der Waals surface area contributed by atoms with E-state index in [1.165, 1.54) is 0 Å². The third-order valence-electron chi connectivity index (χ3n) is 2.47. The van der Waals surface area contributed by atoms with Crippen molar-refractivity contribution in [2.45, 2.75) is 19.4 Å². The van der Waals surface area contributed by atoms with Gasteiger partial charge in [0.2, 0.25) is 10.0 Å². The molecule has 0 saturated carbocycles. The fraction of sp³-hybridized carbons (Fsp3) is 0.500. The van der Waals surface area contributed by atoms with E-state index in [0.717, 1.165) is 5.56 Å². The number of alkyl halides is 1. The molecule has 6 heteroatoms. The van der Waals surface area contributed by atoms with E-state index in [1.54, 1.807) is 13.2 Å². The Morgan fingerprint density at radius 3 is 2.67 bits per heavy atom. The van der Waals surface area contributed by atoms with Crippen molar-refractivity contribution in [3.63, 3.8) is 0 Å². The fourth-order valence-electron chi connectivity index (χ4n) is 1.50. The first-order chi connectivity index (χ1) is 8.59. The van der Waals surface area contributed by atoms with Crippen molar-refractivity contribution in [2.75, 3.05) is 18.7 Å². The zero-order valence-corrected chi connectivity index (χ0v) is 11.9. The van der Waals surface area contributed by atoms with Crippen LogP contribution in [0.2, 0.25) is 0 Å². The number of hydrogen-bond donors (Lipinski definition) is 1. The van der Waals surface area contributed by atoms with Crippen molar-refractivity contribution >= 4 is 21.6 Å². The number of methoxy groups -OCH3 is 1. The van der Waals surface area contributed by atoms with Crippen LogP contribution in [-0.2, 0) is 16.6 Å². The van der Waals surface area contributed by atoms with Crippen molar-refractivity contribution in [1.82, 2.24) is 4.72 Å². The Kier molecular flexibility index (Phi) is 6.46. The van der Waals surface area contributed by atoms with E-state index in [1.807, 2.05) is 18.2 Å². The molecule has 0 aliphatic heterocycles. The highest BCUT2D eigenvalue weighted by atomic mass is 35.5. The van der Waals surface area contributed by atoms with E-state index in [2.05, 4.69) is 4.72 Å². The van der Waals surface area contributed by atoms with Crippen LogP contribution < -0.4 is 9.46 Å². The molecule has 0 aliphatic rings. The van der Waals surface area contributed by atoms with E-state index < -0.39 is 10.0 Å². The second-order valence-electron chi connectivity index (χ2n) is 3.85. The second-order valence-corrected chi connectivity index (χ2v) is 6.15. The normalized spacial score (nSPS) is 11.4. The van der Waals surface area contributed by atoms with Crippen LogP contribution in [-0.4, -0.2) is 27.2 Å². The first kappa shape index (κ1) is 15.3. The molecular weight excluding hydrogens is 274 g/mol. The van der Waals surface area contributed by atoms with Crippen LogP contribution in [0.1, 0.15) is 18.4 Å². The van der Waals surface area contributed by atoms with E-state index in [0.29, 0.717) is 24.5 Å². The van der Waals surface area contributed by atoms with Crippen LogP contribution in [0, 0.1) is 0 Å². The van der Waals surface area contributed by atoms with Crippen molar-refractivity contribution in [2.24, 2.45) is 0 Å². The Labute approximate surface area is 113 Å². The van der Waals surface area contributed by atoms with Crippen LogP contribution in [0.3, 0.4) is 0 Å². The van der Waals surface area contributed by atoms with Gasteiger partial charge in [-0.1, -0.05) is 18.2 Å². The van der Waals surface area contributed by atoms with Crippen molar-refractivity contribution < 1.29 is 13.2 Å². The van der Waals surface area contributed by atoms with Gasteiger partial charge in [-0.15, -0.1) is 11.6 Å². The molecule has 0 radical (unpaired) electrons. The molecule has 0 bridgehead atoms. The zero-order chi connectivity index (χ0) is 13.4. The lowest BCUT2D eigenvalue weighted by molar-refractivity contribution is 0.409. The molecule has 1 aromatic rings. The second kappa shape index (κ2) is 7.61. The van der Waals surface area contributed by atoms with Crippen molar-refractivity contribution in [1.29, 1.82) is 0 Å². The average Bonchev–Trinajstić information content (AvgIpc) is 2.37. The van der Waals surface area contributed by atoms with Crippen LogP contribution in [0.15, 0.2) is 24.3 Å². The molecule has 0 atom stereocenters. The summed E-state index contributed by atoms with van der Waals surface area (Å²) in [7, 11) is -1.68. The summed E-state index contributed by atoms with van der Waals surface area (Å²) < 4.78 is 31.1. The highest BCUT2D eigenvalue weighted by molar-refractivity contribution is 7.89. The largest absolute Gasteiger partial charge is 0.496 e. The number of sulfonamides is 1. The van der Waals surface area contributed by atoms with Gasteiger partial charge in [0, 0.05) is 18.0 Å². The number of para-hydroxylation sites is 1. The number of halogens is 1. The molecule has 0 heterocycles. The average molecular weight is 292 g/mol. The smallest absolute Gasteiger partial charge is 0.211 e. The maximum atomic E-state index is 11.7. The maximum Gasteiger partial charge on any atom is 0.211 e. The summed E-state index contributed by atoms with van der Waals surface area (Å²) in [5.41, 5.74) is 0.820. The molecule has 0 unspecified atom stereocenters. The zero-order valence-electron chi connectivity index (χ0n) is 10.4. The lowest BCUT2D eigenvalue weighted by atomic mass is 10.2.